The summed E-state index contributed by atoms with van der Waals surface area (Å²) in [5.41, 5.74) is 2.59. The standard InChI is InChI=1S/C13H17NO2S/c1-8-7-14-13-11-6-10(16-2)4-3-9(11)5-12(13)17(8)15/h3-4,6,8,12-14H,5,7H2,1-2H3. The van der Waals surface area contributed by atoms with Crippen molar-refractivity contribution in [3.05, 3.63) is 29.3 Å². The van der Waals surface area contributed by atoms with Crippen LogP contribution in [0, 0.1) is 0 Å². The van der Waals surface area contributed by atoms with Crippen molar-refractivity contribution in [2.24, 2.45) is 0 Å². The molecular formula is C13H17NO2S. The molecule has 3 nitrogen and oxygen atoms in total. The van der Waals surface area contributed by atoms with E-state index >= 15 is 0 Å². The molecule has 1 N–H and O–H groups in total. The molecule has 0 amide bonds. The molecule has 0 radical (unpaired) electrons. The molecule has 1 fully saturated rings. The highest BCUT2D eigenvalue weighted by atomic mass is 32.2. The normalized spacial score (nSPS) is 35.2. The van der Waals surface area contributed by atoms with Gasteiger partial charge in [0, 0.05) is 28.6 Å². The van der Waals surface area contributed by atoms with Crippen LogP contribution in [0.25, 0.3) is 0 Å². The minimum atomic E-state index is -0.728. The fraction of sp³-hybridized carbons (Fsp3) is 0.538. The highest BCUT2D eigenvalue weighted by Gasteiger charge is 2.41. The molecular weight excluding hydrogens is 234 g/mol. The van der Waals surface area contributed by atoms with E-state index in [-0.39, 0.29) is 16.5 Å². The molecule has 1 aliphatic heterocycles. The first-order chi connectivity index (χ1) is 8.20. The Kier molecular flexibility index (Phi) is 2.71. The zero-order chi connectivity index (χ0) is 12.0. The molecule has 0 aromatic heterocycles. The van der Waals surface area contributed by atoms with Crippen molar-refractivity contribution in [1.29, 1.82) is 0 Å². The van der Waals surface area contributed by atoms with Gasteiger partial charge in [0.2, 0.25) is 0 Å². The van der Waals surface area contributed by atoms with Crippen LogP contribution in [0.3, 0.4) is 0 Å². The Hall–Kier alpha value is -0.870. The van der Waals surface area contributed by atoms with E-state index in [2.05, 4.69) is 24.4 Å². The van der Waals surface area contributed by atoms with E-state index in [1.54, 1.807) is 7.11 Å². The van der Waals surface area contributed by atoms with Gasteiger partial charge in [0.25, 0.3) is 0 Å². The van der Waals surface area contributed by atoms with Crippen LogP contribution < -0.4 is 10.1 Å². The van der Waals surface area contributed by atoms with Gasteiger partial charge in [0.1, 0.15) is 5.75 Å². The van der Waals surface area contributed by atoms with E-state index in [0.29, 0.717) is 0 Å². The number of fused-ring (bicyclic) bond motifs is 3. The van der Waals surface area contributed by atoms with Gasteiger partial charge in [-0.25, -0.2) is 0 Å². The molecule has 1 saturated heterocycles. The molecule has 1 heterocycles. The summed E-state index contributed by atoms with van der Waals surface area (Å²) < 4.78 is 17.5. The van der Waals surface area contributed by atoms with Crippen LogP contribution in [-0.4, -0.2) is 28.4 Å². The number of benzene rings is 1. The topological polar surface area (TPSA) is 38.3 Å². The van der Waals surface area contributed by atoms with E-state index in [4.69, 9.17) is 4.74 Å². The molecule has 0 saturated carbocycles. The summed E-state index contributed by atoms with van der Waals surface area (Å²) in [5.74, 6) is 0.885. The van der Waals surface area contributed by atoms with Gasteiger partial charge in [-0.05, 0) is 36.6 Å². The van der Waals surface area contributed by atoms with Crippen LogP contribution in [0.1, 0.15) is 24.1 Å². The molecule has 3 rings (SSSR count). The van der Waals surface area contributed by atoms with Crippen molar-refractivity contribution < 1.29 is 8.95 Å². The summed E-state index contributed by atoms with van der Waals surface area (Å²) in [6, 6.07) is 6.43. The van der Waals surface area contributed by atoms with Gasteiger partial charge < -0.3 is 10.1 Å². The number of nitrogens with one attached hydrogen (secondary N) is 1. The van der Waals surface area contributed by atoms with Crippen molar-refractivity contribution in [1.82, 2.24) is 5.32 Å². The summed E-state index contributed by atoms with van der Waals surface area (Å²) >= 11 is 0. The molecule has 1 aromatic rings. The number of hydrogen-bond acceptors (Lipinski definition) is 3. The van der Waals surface area contributed by atoms with Crippen LogP contribution >= 0.6 is 0 Å². The van der Waals surface area contributed by atoms with Gasteiger partial charge in [0.05, 0.1) is 12.4 Å². The lowest BCUT2D eigenvalue weighted by molar-refractivity contribution is 0.413. The lowest BCUT2D eigenvalue weighted by Crippen LogP contribution is -2.46. The molecule has 2 aliphatic rings. The quantitative estimate of drug-likeness (QED) is 0.820. The molecule has 0 bridgehead atoms. The molecule has 4 atom stereocenters. The van der Waals surface area contributed by atoms with Crippen molar-refractivity contribution in [3.63, 3.8) is 0 Å². The molecule has 0 spiro atoms. The molecule has 4 heteroatoms. The first-order valence-corrected chi connectivity index (χ1v) is 7.28. The van der Waals surface area contributed by atoms with Crippen LogP contribution in [0.5, 0.6) is 5.75 Å². The number of rotatable bonds is 1. The van der Waals surface area contributed by atoms with Crippen molar-refractivity contribution in [3.8, 4) is 5.75 Å². The van der Waals surface area contributed by atoms with Crippen LogP contribution in [0.15, 0.2) is 18.2 Å². The summed E-state index contributed by atoms with van der Waals surface area (Å²) in [7, 11) is 0.955. The second-order valence-electron chi connectivity index (χ2n) is 4.83. The van der Waals surface area contributed by atoms with Crippen molar-refractivity contribution in [2.75, 3.05) is 13.7 Å². The Labute approximate surface area is 104 Å². The van der Waals surface area contributed by atoms with Gasteiger partial charge in [-0.2, -0.15) is 0 Å². The van der Waals surface area contributed by atoms with Gasteiger partial charge in [0.15, 0.2) is 0 Å². The SMILES string of the molecule is COc1ccc2c(c1)C1NCC(C)S(=O)C1C2. The average Bonchev–Trinajstić information content (AvgIpc) is 2.72. The van der Waals surface area contributed by atoms with Gasteiger partial charge in [-0.3, -0.25) is 4.21 Å². The second-order valence-corrected chi connectivity index (χ2v) is 6.90. The van der Waals surface area contributed by atoms with Crippen LogP contribution in [0.4, 0.5) is 0 Å². The maximum atomic E-state index is 12.3. The fourth-order valence-corrected chi connectivity index (χ4v) is 4.55. The zero-order valence-corrected chi connectivity index (χ0v) is 10.9. The molecule has 4 unspecified atom stereocenters. The minimum Gasteiger partial charge on any atom is -0.497 e. The highest BCUT2D eigenvalue weighted by molar-refractivity contribution is 7.86. The van der Waals surface area contributed by atoms with E-state index in [0.717, 1.165) is 18.7 Å². The third-order valence-corrected chi connectivity index (χ3v) is 5.80. The largest absolute Gasteiger partial charge is 0.497 e. The maximum Gasteiger partial charge on any atom is 0.119 e. The van der Waals surface area contributed by atoms with Crippen LogP contribution in [-0.2, 0) is 17.2 Å². The van der Waals surface area contributed by atoms with Crippen molar-refractivity contribution >= 4 is 10.8 Å². The van der Waals surface area contributed by atoms with Gasteiger partial charge >= 0.3 is 0 Å². The predicted molar refractivity (Wildman–Crippen MR) is 68.8 cm³/mol. The summed E-state index contributed by atoms with van der Waals surface area (Å²) in [6.07, 6.45) is 0.925. The third-order valence-electron chi connectivity index (χ3n) is 3.80. The lowest BCUT2D eigenvalue weighted by atomic mass is 10.1. The Balaban J connectivity index is 1.98. The molecule has 1 aromatic carbocycles. The number of hydrogen-bond donors (Lipinski definition) is 1. The van der Waals surface area contributed by atoms with E-state index in [1.807, 2.05) is 6.07 Å². The predicted octanol–water partition coefficient (Wildman–Crippen LogP) is 1.40. The van der Waals surface area contributed by atoms with E-state index in [1.165, 1.54) is 11.1 Å². The Morgan fingerprint density at radius 3 is 3.06 bits per heavy atom. The average molecular weight is 251 g/mol. The Morgan fingerprint density at radius 1 is 1.47 bits per heavy atom. The molecule has 1 aliphatic carbocycles. The van der Waals surface area contributed by atoms with Crippen molar-refractivity contribution in [2.45, 2.75) is 29.9 Å². The molecule has 92 valence electrons. The zero-order valence-electron chi connectivity index (χ0n) is 10.1. The summed E-state index contributed by atoms with van der Waals surface area (Å²) in [4.78, 5) is 0. The second kappa shape index (κ2) is 4.10. The smallest absolute Gasteiger partial charge is 0.119 e. The van der Waals surface area contributed by atoms with E-state index < -0.39 is 10.8 Å². The summed E-state index contributed by atoms with van der Waals surface area (Å²) in [6.45, 7) is 2.90. The summed E-state index contributed by atoms with van der Waals surface area (Å²) in [5, 5.41) is 4.01. The van der Waals surface area contributed by atoms with Gasteiger partial charge in [-0.1, -0.05) is 6.07 Å². The first-order valence-electron chi connectivity index (χ1n) is 6.00. The third kappa shape index (κ3) is 1.70. The number of ether oxygens (including phenoxy) is 1. The molecule has 17 heavy (non-hydrogen) atoms. The van der Waals surface area contributed by atoms with Gasteiger partial charge in [-0.15, -0.1) is 0 Å². The fourth-order valence-electron chi connectivity index (χ4n) is 2.84. The highest BCUT2D eigenvalue weighted by Crippen LogP contribution is 2.39. The van der Waals surface area contributed by atoms with Crippen LogP contribution in [0.2, 0.25) is 0 Å². The Bertz CT molecular complexity index is 474. The maximum absolute atomic E-state index is 12.3. The lowest BCUT2D eigenvalue weighted by Gasteiger charge is -2.31. The van der Waals surface area contributed by atoms with E-state index in [9.17, 15) is 4.21 Å². The first kappa shape index (κ1) is 11.2. The minimum absolute atomic E-state index is 0.237. The Morgan fingerprint density at radius 2 is 2.29 bits per heavy atom. The monoisotopic (exact) mass is 251 g/mol. The number of methoxy groups -OCH3 is 1.